The molecule has 0 aliphatic heterocycles. The number of aliphatic hydroxyl groups is 1. The second-order valence-corrected chi connectivity index (χ2v) is 4.60. The Hall–Kier alpha value is -0.570. The van der Waals surface area contributed by atoms with Gasteiger partial charge in [0, 0.05) is 11.6 Å². The molecule has 1 N–H and O–H groups in total. The first-order chi connectivity index (χ1) is 7.63. The van der Waals surface area contributed by atoms with Gasteiger partial charge in [-0.15, -0.1) is 0 Å². The van der Waals surface area contributed by atoms with E-state index < -0.39 is 6.10 Å². The molecule has 16 heavy (non-hydrogen) atoms. The quantitative estimate of drug-likeness (QED) is 0.827. The van der Waals surface area contributed by atoms with E-state index in [1.807, 2.05) is 24.3 Å². The van der Waals surface area contributed by atoms with Gasteiger partial charge in [0.15, 0.2) is 0 Å². The molecule has 1 unspecified atom stereocenters. The third kappa shape index (κ3) is 4.52. The summed E-state index contributed by atoms with van der Waals surface area (Å²) in [5.41, 5.74) is 0.939. The SMILES string of the molecule is CCCN(C)CCC(O)c1ccc(Cl)cc1. The highest BCUT2D eigenvalue weighted by molar-refractivity contribution is 6.30. The molecule has 0 heterocycles. The van der Waals surface area contributed by atoms with Gasteiger partial charge in [-0.05, 0) is 44.1 Å². The third-order valence-electron chi connectivity index (χ3n) is 2.64. The fraction of sp³-hybridized carbons (Fsp3) is 0.538. The van der Waals surface area contributed by atoms with Crippen molar-refractivity contribution in [2.75, 3.05) is 20.1 Å². The van der Waals surface area contributed by atoms with E-state index in [0.717, 1.165) is 31.5 Å². The van der Waals surface area contributed by atoms with Crippen LogP contribution in [0.25, 0.3) is 0 Å². The molecule has 0 saturated heterocycles. The average molecular weight is 242 g/mol. The molecular weight excluding hydrogens is 222 g/mol. The van der Waals surface area contributed by atoms with E-state index in [0.29, 0.717) is 5.02 Å². The summed E-state index contributed by atoms with van der Waals surface area (Å²) >= 11 is 5.80. The van der Waals surface area contributed by atoms with Crippen LogP contribution in [0.3, 0.4) is 0 Å². The van der Waals surface area contributed by atoms with Gasteiger partial charge in [0.05, 0.1) is 6.10 Å². The lowest BCUT2D eigenvalue weighted by atomic mass is 10.1. The maximum absolute atomic E-state index is 9.96. The molecule has 0 aliphatic rings. The fourth-order valence-electron chi connectivity index (χ4n) is 1.69. The standard InChI is InChI=1S/C13H20ClNO/c1-3-9-15(2)10-8-13(16)11-4-6-12(14)7-5-11/h4-7,13,16H,3,8-10H2,1-2H3. The zero-order chi connectivity index (χ0) is 12.0. The topological polar surface area (TPSA) is 23.5 Å². The highest BCUT2D eigenvalue weighted by atomic mass is 35.5. The van der Waals surface area contributed by atoms with Crippen molar-refractivity contribution >= 4 is 11.6 Å². The Morgan fingerprint density at radius 2 is 1.88 bits per heavy atom. The summed E-state index contributed by atoms with van der Waals surface area (Å²) in [6, 6.07) is 7.39. The molecule has 0 bridgehead atoms. The lowest BCUT2D eigenvalue weighted by Crippen LogP contribution is -2.22. The van der Waals surface area contributed by atoms with Crippen LogP contribution in [0.2, 0.25) is 5.02 Å². The molecule has 1 aromatic carbocycles. The van der Waals surface area contributed by atoms with Crippen LogP contribution in [0, 0.1) is 0 Å². The summed E-state index contributed by atoms with van der Waals surface area (Å²) < 4.78 is 0. The normalized spacial score (nSPS) is 13.1. The number of aliphatic hydroxyl groups excluding tert-OH is 1. The largest absolute Gasteiger partial charge is 0.388 e. The van der Waals surface area contributed by atoms with Gasteiger partial charge >= 0.3 is 0 Å². The molecular formula is C13H20ClNO. The summed E-state index contributed by atoms with van der Waals surface area (Å²) in [7, 11) is 2.08. The molecule has 0 aromatic heterocycles. The Labute approximate surface area is 103 Å². The maximum atomic E-state index is 9.96. The zero-order valence-corrected chi connectivity index (χ0v) is 10.7. The van der Waals surface area contributed by atoms with Crippen molar-refractivity contribution < 1.29 is 5.11 Å². The monoisotopic (exact) mass is 241 g/mol. The van der Waals surface area contributed by atoms with Crippen LogP contribution >= 0.6 is 11.6 Å². The van der Waals surface area contributed by atoms with Crippen molar-refractivity contribution in [2.45, 2.75) is 25.9 Å². The van der Waals surface area contributed by atoms with Crippen molar-refractivity contribution in [2.24, 2.45) is 0 Å². The van der Waals surface area contributed by atoms with Gasteiger partial charge in [-0.2, -0.15) is 0 Å². The Morgan fingerprint density at radius 1 is 1.25 bits per heavy atom. The van der Waals surface area contributed by atoms with Crippen LogP contribution in [0.15, 0.2) is 24.3 Å². The van der Waals surface area contributed by atoms with Crippen LogP contribution in [0.5, 0.6) is 0 Å². The highest BCUT2D eigenvalue weighted by Crippen LogP contribution is 2.19. The van der Waals surface area contributed by atoms with Crippen LogP contribution in [0.4, 0.5) is 0 Å². The van der Waals surface area contributed by atoms with E-state index >= 15 is 0 Å². The molecule has 1 aromatic rings. The Bertz CT molecular complexity index is 299. The lowest BCUT2D eigenvalue weighted by Gasteiger charge is -2.18. The third-order valence-corrected chi connectivity index (χ3v) is 2.90. The van der Waals surface area contributed by atoms with Gasteiger partial charge in [0.25, 0.3) is 0 Å². The van der Waals surface area contributed by atoms with E-state index in [2.05, 4.69) is 18.9 Å². The second kappa shape index (κ2) is 6.89. The number of benzene rings is 1. The first-order valence-corrected chi connectivity index (χ1v) is 6.13. The maximum Gasteiger partial charge on any atom is 0.0802 e. The predicted octanol–water partition coefficient (Wildman–Crippen LogP) is 3.11. The number of halogens is 1. The van der Waals surface area contributed by atoms with Crippen molar-refractivity contribution in [1.29, 1.82) is 0 Å². The molecule has 1 rings (SSSR count). The van der Waals surface area contributed by atoms with Gasteiger partial charge in [-0.25, -0.2) is 0 Å². The minimum atomic E-state index is -0.392. The van der Waals surface area contributed by atoms with Gasteiger partial charge in [-0.3, -0.25) is 0 Å². The Balaban J connectivity index is 2.40. The fourth-order valence-corrected chi connectivity index (χ4v) is 1.81. The van der Waals surface area contributed by atoms with Crippen LogP contribution in [0.1, 0.15) is 31.4 Å². The summed E-state index contributed by atoms with van der Waals surface area (Å²) in [4.78, 5) is 2.24. The Kier molecular flexibility index (Phi) is 5.81. The molecule has 1 atom stereocenters. The molecule has 0 fully saturated rings. The van der Waals surface area contributed by atoms with E-state index in [1.54, 1.807) is 0 Å². The van der Waals surface area contributed by atoms with Crippen LogP contribution < -0.4 is 0 Å². The summed E-state index contributed by atoms with van der Waals surface area (Å²) in [6.45, 7) is 4.15. The van der Waals surface area contributed by atoms with E-state index in [1.165, 1.54) is 0 Å². The van der Waals surface area contributed by atoms with Crippen molar-refractivity contribution in [3.8, 4) is 0 Å². The molecule has 0 spiro atoms. The lowest BCUT2D eigenvalue weighted by molar-refractivity contribution is 0.149. The van der Waals surface area contributed by atoms with Crippen LogP contribution in [-0.4, -0.2) is 30.1 Å². The molecule has 3 heteroatoms. The van der Waals surface area contributed by atoms with Crippen LogP contribution in [-0.2, 0) is 0 Å². The highest BCUT2D eigenvalue weighted by Gasteiger charge is 2.08. The number of rotatable bonds is 6. The molecule has 0 aliphatic carbocycles. The molecule has 0 saturated carbocycles. The molecule has 90 valence electrons. The number of hydrogen-bond donors (Lipinski definition) is 1. The average Bonchev–Trinajstić information content (AvgIpc) is 2.27. The summed E-state index contributed by atoms with van der Waals surface area (Å²) in [6.07, 6.45) is 1.52. The van der Waals surface area contributed by atoms with Gasteiger partial charge < -0.3 is 10.0 Å². The van der Waals surface area contributed by atoms with Crippen molar-refractivity contribution in [3.05, 3.63) is 34.9 Å². The Morgan fingerprint density at radius 3 is 2.44 bits per heavy atom. The van der Waals surface area contributed by atoms with Gasteiger partial charge in [0.2, 0.25) is 0 Å². The van der Waals surface area contributed by atoms with E-state index in [9.17, 15) is 5.11 Å². The zero-order valence-electron chi connectivity index (χ0n) is 9.99. The summed E-state index contributed by atoms with van der Waals surface area (Å²) in [5, 5.41) is 10.7. The molecule has 0 radical (unpaired) electrons. The van der Waals surface area contributed by atoms with E-state index in [4.69, 9.17) is 11.6 Å². The minimum absolute atomic E-state index is 0.392. The first kappa shape index (κ1) is 13.5. The van der Waals surface area contributed by atoms with Crippen molar-refractivity contribution in [1.82, 2.24) is 4.90 Å². The first-order valence-electron chi connectivity index (χ1n) is 5.75. The second-order valence-electron chi connectivity index (χ2n) is 4.16. The molecule has 2 nitrogen and oxygen atoms in total. The van der Waals surface area contributed by atoms with Gasteiger partial charge in [-0.1, -0.05) is 30.7 Å². The van der Waals surface area contributed by atoms with E-state index in [-0.39, 0.29) is 0 Å². The summed E-state index contributed by atoms with van der Waals surface area (Å²) in [5.74, 6) is 0. The number of nitrogens with zero attached hydrogens (tertiary/aromatic N) is 1. The minimum Gasteiger partial charge on any atom is -0.388 e. The number of hydrogen-bond acceptors (Lipinski definition) is 2. The van der Waals surface area contributed by atoms with Gasteiger partial charge in [0.1, 0.15) is 0 Å². The smallest absolute Gasteiger partial charge is 0.0802 e. The predicted molar refractivity (Wildman–Crippen MR) is 68.8 cm³/mol. The van der Waals surface area contributed by atoms with Crippen molar-refractivity contribution in [3.63, 3.8) is 0 Å². The molecule has 0 amide bonds.